The van der Waals surface area contributed by atoms with E-state index in [1.165, 1.54) is 12.1 Å². The lowest BCUT2D eigenvalue weighted by Gasteiger charge is -2.08. The molecule has 2 heterocycles. The number of aromatic nitrogens is 4. The Kier molecular flexibility index (Phi) is 4.84. The van der Waals surface area contributed by atoms with E-state index in [4.69, 9.17) is 10.8 Å². The molecule has 0 unspecified atom stereocenters. The molecule has 0 radical (unpaired) electrons. The van der Waals surface area contributed by atoms with E-state index in [9.17, 15) is 9.50 Å². The summed E-state index contributed by atoms with van der Waals surface area (Å²) in [5, 5.41) is 15.0. The van der Waals surface area contributed by atoms with Crippen LogP contribution in [-0.2, 0) is 0 Å². The second-order valence-electron chi connectivity index (χ2n) is 7.19. The van der Waals surface area contributed by atoms with E-state index < -0.39 is 0 Å². The molecule has 3 aromatic carbocycles. The molecule has 0 atom stereocenters. The van der Waals surface area contributed by atoms with Gasteiger partial charge in [-0.2, -0.15) is 5.10 Å². The van der Waals surface area contributed by atoms with Crippen LogP contribution in [0.5, 0.6) is 5.75 Å². The number of phenolic OH excluding ortho intramolecular Hbond substituents is 1. The van der Waals surface area contributed by atoms with Crippen LogP contribution in [0, 0.1) is 5.82 Å². The van der Waals surface area contributed by atoms with Crippen molar-refractivity contribution in [2.75, 3.05) is 5.73 Å². The molecular weight excluding hydrogens is 405 g/mol. The molecule has 6 nitrogen and oxygen atoms in total. The Morgan fingerprint density at radius 2 is 1.44 bits per heavy atom. The van der Waals surface area contributed by atoms with Gasteiger partial charge in [-0.1, -0.05) is 30.3 Å². The van der Waals surface area contributed by atoms with Crippen molar-refractivity contribution < 1.29 is 9.50 Å². The highest BCUT2D eigenvalue weighted by Crippen LogP contribution is 2.35. The third-order valence-corrected chi connectivity index (χ3v) is 5.05. The molecule has 7 heteroatoms. The van der Waals surface area contributed by atoms with Crippen molar-refractivity contribution in [1.29, 1.82) is 0 Å². The minimum Gasteiger partial charge on any atom is -0.507 e. The van der Waals surface area contributed by atoms with Crippen molar-refractivity contribution in [1.82, 2.24) is 19.7 Å². The summed E-state index contributed by atoms with van der Waals surface area (Å²) in [6.45, 7) is 0. The van der Waals surface area contributed by atoms with E-state index >= 15 is 0 Å². The zero-order chi connectivity index (χ0) is 22.1. The maximum Gasteiger partial charge on any atom is 0.221 e. The van der Waals surface area contributed by atoms with Crippen molar-refractivity contribution in [3.8, 4) is 45.2 Å². The first kappa shape index (κ1) is 19.4. The topological polar surface area (TPSA) is 89.8 Å². The van der Waals surface area contributed by atoms with Gasteiger partial charge in [-0.05, 0) is 54.6 Å². The molecule has 0 saturated carbocycles. The van der Waals surface area contributed by atoms with E-state index in [0.29, 0.717) is 28.2 Å². The summed E-state index contributed by atoms with van der Waals surface area (Å²) in [4.78, 5) is 8.73. The zero-order valence-electron chi connectivity index (χ0n) is 16.9. The van der Waals surface area contributed by atoms with Crippen molar-refractivity contribution in [3.05, 3.63) is 96.9 Å². The Morgan fingerprint density at radius 3 is 2.16 bits per heavy atom. The fourth-order valence-electron chi connectivity index (χ4n) is 3.53. The number of phenols is 1. The number of anilines is 1. The Hall–Kier alpha value is -4.52. The van der Waals surface area contributed by atoms with Crippen molar-refractivity contribution in [3.63, 3.8) is 0 Å². The molecule has 156 valence electrons. The van der Waals surface area contributed by atoms with Gasteiger partial charge in [0, 0.05) is 22.9 Å². The molecule has 5 aromatic rings. The van der Waals surface area contributed by atoms with Gasteiger partial charge in [0.05, 0.1) is 17.1 Å². The first-order chi connectivity index (χ1) is 15.6. The van der Waals surface area contributed by atoms with Crippen LogP contribution in [0.1, 0.15) is 0 Å². The number of nitrogen functional groups attached to an aromatic ring is 1. The van der Waals surface area contributed by atoms with Crippen LogP contribution in [0.15, 0.2) is 91.1 Å². The lowest BCUT2D eigenvalue weighted by Crippen LogP contribution is -1.99. The SMILES string of the molecule is Nc1nc(-c2ccccc2O)cc(-c2cn(-c3ccccc3)nc2-c2ccc(F)cc2)n1. The predicted octanol–water partition coefficient (Wildman–Crippen LogP) is 5.09. The summed E-state index contributed by atoms with van der Waals surface area (Å²) >= 11 is 0. The Bertz CT molecular complexity index is 1400. The molecular formula is C25H18FN5O. The molecule has 5 rings (SSSR count). The van der Waals surface area contributed by atoms with Gasteiger partial charge in [0.2, 0.25) is 5.95 Å². The van der Waals surface area contributed by atoms with E-state index in [2.05, 4.69) is 9.97 Å². The van der Waals surface area contributed by atoms with Gasteiger partial charge >= 0.3 is 0 Å². The number of halogens is 1. The third kappa shape index (κ3) is 3.67. The summed E-state index contributed by atoms with van der Waals surface area (Å²) in [7, 11) is 0. The van der Waals surface area contributed by atoms with Gasteiger partial charge in [0.15, 0.2) is 0 Å². The first-order valence-electron chi connectivity index (χ1n) is 9.93. The van der Waals surface area contributed by atoms with Gasteiger partial charge in [0.1, 0.15) is 17.3 Å². The van der Waals surface area contributed by atoms with Crippen molar-refractivity contribution in [2.24, 2.45) is 0 Å². The lowest BCUT2D eigenvalue weighted by molar-refractivity contribution is 0.477. The molecule has 0 fully saturated rings. The van der Waals surface area contributed by atoms with Crippen LogP contribution < -0.4 is 5.73 Å². The summed E-state index contributed by atoms with van der Waals surface area (Å²) < 4.78 is 15.3. The van der Waals surface area contributed by atoms with Gasteiger partial charge in [0.25, 0.3) is 0 Å². The molecule has 2 aromatic heterocycles. The van der Waals surface area contributed by atoms with Crippen LogP contribution in [0.3, 0.4) is 0 Å². The van der Waals surface area contributed by atoms with Crippen LogP contribution in [-0.4, -0.2) is 24.9 Å². The molecule has 0 saturated heterocycles. The van der Waals surface area contributed by atoms with Gasteiger partial charge < -0.3 is 10.8 Å². The minimum atomic E-state index is -0.328. The predicted molar refractivity (Wildman–Crippen MR) is 121 cm³/mol. The smallest absolute Gasteiger partial charge is 0.221 e. The van der Waals surface area contributed by atoms with E-state index in [0.717, 1.165) is 11.3 Å². The maximum absolute atomic E-state index is 13.5. The van der Waals surface area contributed by atoms with Crippen molar-refractivity contribution >= 4 is 5.95 Å². The van der Waals surface area contributed by atoms with Gasteiger partial charge in [-0.25, -0.2) is 19.0 Å². The highest BCUT2D eigenvalue weighted by molar-refractivity contribution is 5.81. The minimum absolute atomic E-state index is 0.0678. The number of hydrogen-bond donors (Lipinski definition) is 2. The average Bonchev–Trinajstić information content (AvgIpc) is 3.26. The average molecular weight is 423 g/mol. The number of nitrogens with zero attached hydrogens (tertiary/aromatic N) is 4. The fourth-order valence-corrected chi connectivity index (χ4v) is 3.53. The Labute approximate surface area is 183 Å². The number of benzene rings is 3. The number of hydrogen-bond acceptors (Lipinski definition) is 5. The molecule has 3 N–H and O–H groups in total. The van der Waals surface area contributed by atoms with Crippen LogP contribution in [0.25, 0.3) is 39.5 Å². The third-order valence-electron chi connectivity index (χ3n) is 5.05. The zero-order valence-corrected chi connectivity index (χ0v) is 16.9. The standard InChI is InChI=1S/C25H18FN5O/c26-17-12-10-16(11-13-17)24-20(15-31(30-24)18-6-2-1-3-7-18)22-14-21(28-25(27)29-22)19-8-4-5-9-23(19)32/h1-15,32H,(H2,27,28,29). The molecule has 32 heavy (non-hydrogen) atoms. The lowest BCUT2D eigenvalue weighted by atomic mass is 10.0. The molecule has 0 bridgehead atoms. The molecule has 0 aliphatic rings. The second kappa shape index (κ2) is 7.96. The van der Waals surface area contributed by atoms with Gasteiger partial charge in [-0.15, -0.1) is 0 Å². The van der Waals surface area contributed by atoms with E-state index in [1.54, 1.807) is 41.1 Å². The summed E-state index contributed by atoms with van der Waals surface area (Å²) in [5.41, 5.74) is 10.5. The Balaban J connectivity index is 1.71. The number of rotatable bonds is 4. The number of para-hydroxylation sites is 2. The first-order valence-corrected chi connectivity index (χ1v) is 9.93. The van der Waals surface area contributed by atoms with E-state index in [1.807, 2.05) is 42.6 Å². The van der Waals surface area contributed by atoms with E-state index in [-0.39, 0.29) is 17.5 Å². The quantitative estimate of drug-likeness (QED) is 0.420. The summed E-state index contributed by atoms with van der Waals surface area (Å²) in [5.74, 6) is -0.167. The normalized spacial score (nSPS) is 10.9. The van der Waals surface area contributed by atoms with Crippen LogP contribution in [0.2, 0.25) is 0 Å². The molecule has 0 aliphatic heterocycles. The monoisotopic (exact) mass is 423 g/mol. The summed E-state index contributed by atoms with van der Waals surface area (Å²) in [6, 6.07) is 24.4. The molecule has 0 amide bonds. The van der Waals surface area contributed by atoms with Crippen LogP contribution in [0.4, 0.5) is 10.3 Å². The highest BCUT2D eigenvalue weighted by atomic mass is 19.1. The molecule has 0 aliphatic carbocycles. The van der Waals surface area contributed by atoms with Gasteiger partial charge in [-0.3, -0.25) is 0 Å². The Morgan fingerprint density at radius 1 is 0.781 bits per heavy atom. The largest absolute Gasteiger partial charge is 0.507 e. The maximum atomic E-state index is 13.5. The number of nitrogens with two attached hydrogens (primary N) is 1. The molecule has 0 spiro atoms. The number of aromatic hydroxyl groups is 1. The fraction of sp³-hybridized carbons (Fsp3) is 0. The van der Waals surface area contributed by atoms with Crippen LogP contribution >= 0.6 is 0 Å². The summed E-state index contributed by atoms with van der Waals surface area (Å²) in [6.07, 6.45) is 1.85. The second-order valence-corrected chi connectivity index (χ2v) is 7.19. The van der Waals surface area contributed by atoms with Crippen molar-refractivity contribution in [2.45, 2.75) is 0 Å². The highest BCUT2D eigenvalue weighted by Gasteiger charge is 2.18.